The van der Waals surface area contributed by atoms with Crippen molar-refractivity contribution in [1.29, 1.82) is 0 Å². The van der Waals surface area contributed by atoms with Crippen LogP contribution in [0.5, 0.6) is 0 Å². The van der Waals surface area contributed by atoms with Gasteiger partial charge in [0.05, 0.1) is 6.04 Å². The van der Waals surface area contributed by atoms with Gasteiger partial charge in [-0.2, -0.15) is 0 Å². The van der Waals surface area contributed by atoms with Gasteiger partial charge in [0.1, 0.15) is 0 Å². The van der Waals surface area contributed by atoms with Crippen LogP contribution < -0.4 is 5.73 Å². The van der Waals surface area contributed by atoms with Crippen molar-refractivity contribution in [3.63, 3.8) is 0 Å². The third-order valence-electron chi connectivity index (χ3n) is 3.41. The summed E-state index contributed by atoms with van der Waals surface area (Å²) in [6.07, 6.45) is 2.77. The van der Waals surface area contributed by atoms with Crippen LogP contribution in [0.3, 0.4) is 0 Å². The van der Waals surface area contributed by atoms with Crippen LogP contribution in [0.1, 0.15) is 47.0 Å². The summed E-state index contributed by atoms with van der Waals surface area (Å²) in [6, 6.07) is -0.316. The quantitative estimate of drug-likeness (QED) is 0.648. The first-order chi connectivity index (χ1) is 8.60. The molecule has 0 unspecified atom stereocenters. The maximum absolute atomic E-state index is 12.1. The molecule has 0 spiro atoms. The number of carbonyl (C=O) groups is 1. The molecule has 1 atom stereocenters. The minimum Gasteiger partial charge on any atom is -0.342 e. The average Bonchev–Trinajstić information content (AvgIpc) is 2.39. The van der Waals surface area contributed by atoms with Crippen molar-refractivity contribution in [2.24, 2.45) is 5.73 Å². The van der Waals surface area contributed by atoms with Gasteiger partial charge in [-0.15, -0.1) is 0 Å². The molecule has 0 aliphatic heterocycles. The van der Waals surface area contributed by atoms with Crippen LogP contribution >= 0.6 is 0 Å². The molecule has 0 aliphatic rings. The monoisotopic (exact) mass is 257 g/mol. The summed E-state index contributed by atoms with van der Waals surface area (Å²) in [4.78, 5) is 16.3. The van der Waals surface area contributed by atoms with Gasteiger partial charge in [0.25, 0.3) is 0 Å². The van der Waals surface area contributed by atoms with Crippen LogP contribution in [-0.2, 0) is 4.79 Å². The Morgan fingerprint density at radius 1 is 1.06 bits per heavy atom. The Labute approximate surface area is 113 Å². The summed E-state index contributed by atoms with van der Waals surface area (Å²) in [7, 11) is 0. The van der Waals surface area contributed by atoms with E-state index in [1.165, 1.54) is 0 Å². The van der Waals surface area contributed by atoms with Crippen molar-refractivity contribution >= 4 is 5.91 Å². The highest BCUT2D eigenvalue weighted by molar-refractivity contribution is 5.81. The highest BCUT2D eigenvalue weighted by Gasteiger charge is 2.18. The van der Waals surface area contributed by atoms with E-state index in [4.69, 9.17) is 5.73 Å². The maximum Gasteiger partial charge on any atom is 0.239 e. The minimum atomic E-state index is -0.316. The van der Waals surface area contributed by atoms with Crippen molar-refractivity contribution in [2.75, 3.05) is 32.7 Å². The van der Waals surface area contributed by atoms with Crippen LogP contribution in [0.4, 0.5) is 0 Å². The fourth-order valence-corrected chi connectivity index (χ4v) is 2.12. The number of hydrogen-bond acceptors (Lipinski definition) is 3. The summed E-state index contributed by atoms with van der Waals surface area (Å²) in [5.74, 6) is 0.110. The van der Waals surface area contributed by atoms with Crippen LogP contribution in [0, 0.1) is 0 Å². The Kier molecular flexibility index (Phi) is 9.98. The molecule has 0 saturated carbocycles. The number of nitrogens with two attached hydrogens (primary N) is 1. The van der Waals surface area contributed by atoms with Gasteiger partial charge in [0.15, 0.2) is 0 Å². The van der Waals surface area contributed by atoms with Gasteiger partial charge < -0.3 is 15.5 Å². The van der Waals surface area contributed by atoms with Crippen molar-refractivity contribution in [1.82, 2.24) is 9.80 Å². The van der Waals surface area contributed by atoms with Gasteiger partial charge in [-0.3, -0.25) is 4.79 Å². The fraction of sp³-hybridized carbons (Fsp3) is 0.929. The van der Waals surface area contributed by atoms with E-state index in [9.17, 15) is 4.79 Å². The number of hydrogen-bond donors (Lipinski definition) is 1. The standard InChI is InChI=1S/C14H31N3O/c1-5-10-13(15)14(18)17(8-4)12-9-11-16(6-2)7-3/h13H,5-12,15H2,1-4H3/t13-/m0/s1. The highest BCUT2D eigenvalue weighted by atomic mass is 16.2. The van der Waals surface area contributed by atoms with Crippen LogP contribution in [-0.4, -0.2) is 54.5 Å². The van der Waals surface area contributed by atoms with E-state index < -0.39 is 0 Å². The van der Waals surface area contributed by atoms with E-state index in [0.29, 0.717) is 0 Å². The second-order valence-corrected chi connectivity index (χ2v) is 4.69. The van der Waals surface area contributed by atoms with E-state index in [2.05, 4.69) is 25.7 Å². The van der Waals surface area contributed by atoms with Crippen LogP contribution in [0.15, 0.2) is 0 Å². The molecule has 2 N–H and O–H groups in total. The smallest absolute Gasteiger partial charge is 0.239 e. The van der Waals surface area contributed by atoms with Gasteiger partial charge in [0, 0.05) is 13.1 Å². The number of carbonyl (C=O) groups excluding carboxylic acids is 1. The lowest BCUT2D eigenvalue weighted by Crippen LogP contribution is -2.44. The molecule has 0 bridgehead atoms. The lowest BCUT2D eigenvalue weighted by Gasteiger charge is -2.26. The molecule has 0 heterocycles. The first-order valence-electron chi connectivity index (χ1n) is 7.37. The normalized spacial score (nSPS) is 12.8. The molecular formula is C14H31N3O. The third kappa shape index (κ3) is 6.36. The molecule has 0 aromatic rings. The predicted molar refractivity (Wildman–Crippen MR) is 77.5 cm³/mol. The summed E-state index contributed by atoms with van der Waals surface area (Å²) < 4.78 is 0. The van der Waals surface area contributed by atoms with Crippen LogP contribution in [0.2, 0.25) is 0 Å². The Balaban J connectivity index is 4.06. The molecule has 0 aliphatic carbocycles. The molecule has 4 nitrogen and oxygen atoms in total. The fourth-order valence-electron chi connectivity index (χ4n) is 2.12. The molecule has 1 amide bonds. The SMILES string of the molecule is CCC[C@H](N)C(=O)N(CC)CCCN(CC)CC. The summed E-state index contributed by atoms with van der Waals surface area (Å²) >= 11 is 0. The van der Waals surface area contributed by atoms with Gasteiger partial charge in [-0.05, 0) is 39.4 Å². The van der Waals surface area contributed by atoms with Gasteiger partial charge in [-0.25, -0.2) is 0 Å². The van der Waals surface area contributed by atoms with Crippen LogP contribution in [0.25, 0.3) is 0 Å². The summed E-state index contributed by atoms with van der Waals surface area (Å²) in [5, 5.41) is 0. The first kappa shape index (κ1) is 17.4. The molecule has 0 radical (unpaired) electrons. The van der Waals surface area contributed by atoms with Gasteiger partial charge in [0.2, 0.25) is 5.91 Å². The second kappa shape index (κ2) is 10.3. The number of rotatable bonds is 10. The predicted octanol–water partition coefficient (Wildman–Crippen LogP) is 1.69. The maximum atomic E-state index is 12.1. The number of likely N-dealkylation sites (N-methyl/N-ethyl adjacent to an activating group) is 1. The summed E-state index contributed by atoms with van der Waals surface area (Å²) in [5.41, 5.74) is 5.89. The lowest BCUT2D eigenvalue weighted by molar-refractivity contribution is -0.132. The molecule has 0 saturated heterocycles. The molecule has 108 valence electrons. The molecule has 0 fully saturated rings. The Morgan fingerprint density at radius 2 is 1.67 bits per heavy atom. The van der Waals surface area contributed by atoms with E-state index in [1.54, 1.807) is 0 Å². The second-order valence-electron chi connectivity index (χ2n) is 4.69. The molecule has 0 aromatic heterocycles. The molecule has 0 rings (SSSR count). The van der Waals surface area contributed by atoms with Crippen molar-refractivity contribution in [3.05, 3.63) is 0 Å². The molecule has 0 aromatic carbocycles. The van der Waals surface area contributed by atoms with E-state index >= 15 is 0 Å². The van der Waals surface area contributed by atoms with Crippen molar-refractivity contribution < 1.29 is 4.79 Å². The van der Waals surface area contributed by atoms with E-state index in [-0.39, 0.29) is 11.9 Å². The van der Waals surface area contributed by atoms with Crippen molar-refractivity contribution in [2.45, 2.75) is 53.0 Å². The zero-order valence-corrected chi connectivity index (χ0v) is 12.6. The van der Waals surface area contributed by atoms with Gasteiger partial charge >= 0.3 is 0 Å². The highest BCUT2D eigenvalue weighted by Crippen LogP contribution is 2.02. The Bertz CT molecular complexity index is 217. The van der Waals surface area contributed by atoms with E-state index in [1.807, 2.05) is 11.8 Å². The first-order valence-corrected chi connectivity index (χ1v) is 7.37. The number of nitrogens with zero attached hydrogens (tertiary/aromatic N) is 2. The number of amides is 1. The van der Waals surface area contributed by atoms with E-state index in [0.717, 1.165) is 52.0 Å². The largest absolute Gasteiger partial charge is 0.342 e. The zero-order valence-electron chi connectivity index (χ0n) is 12.6. The topological polar surface area (TPSA) is 49.6 Å². The van der Waals surface area contributed by atoms with Gasteiger partial charge in [-0.1, -0.05) is 27.2 Å². The lowest BCUT2D eigenvalue weighted by atomic mass is 10.1. The Hall–Kier alpha value is -0.610. The minimum absolute atomic E-state index is 0.110. The molecule has 4 heteroatoms. The van der Waals surface area contributed by atoms with Crippen molar-refractivity contribution in [3.8, 4) is 0 Å². The third-order valence-corrected chi connectivity index (χ3v) is 3.41. The Morgan fingerprint density at radius 3 is 2.11 bits per heavy atom. The molecular weight excluding hydrogens is 226 g/mol. The zero-order chi connectivity index (χ0) is 14.0. The summed E-state index contributed by atoms with van der Waals surface area (Å²) in [6.45, 7) is 13.2. The molecule has 18 heavy (non-hydrogen) atoms. The average molecular weight is 257 g/mol.